The van der Waals surface area contributed by atoms with Crippen LogP contribution in [0.2, 0.25) is 0 Å². The van der Waals surface area contributed by atoms with Crippen molar-refractivity contribution in [1.29, 1.82) is 0 Å². The molecule has 0 amide bonds. The van der Waals surface area contributed by atoms with Crippen LogP contribution in [0, 0.1) is 17.6 Å². The Kier molecular flexibility index (Phi) is 5.24. The lowest BCUT2D eigenvalue weighted by molar-refractivity contribution is 0.479. The summed E-state index contributed by atoms with van der Waals surface area (Å²) >= 11 is 3.24. The first kappa shape index (κ1) is 15.5. The minimum atomic E-state index is -4.05. The fraction of sp³-hybridized carbons (Fsp3) is 0.455. The van der Waals surface area contributed by atoms with E-state index in [4.69, 9.17) is 0 Å². The second-order valence-corrected chi connectivity index (χ2v) is 6.45. The molecule has 0 radical (unpaired) electrons. The summed E-state index contributed by atoms with van der Waals surface area (Å²) in [6.07, 6.45) is 0. The van der Waals surface area contributed by atoms with Crippen molar-refractivity contribution in [2.24, 2.45) is 5.92 Å². The van der Waals surface area contributed by atoms with Crippen molar-refractivity contribution < 1.29 is 17.2 Å². The Morgan fingerprint density at radius 2 is 1.94 bits per heavy atom. The standard InChI is InChI=1S/C11H14BrF2NO2S/c1-7(6-12)8(2)15-18(16,17)11-5-9(13)3-4-10(11)14/h3-5,7-8,15H,6H2,1-2H3. The molecule has 0 saturated heterocycles. The van der Waals surface area contributed by atoms with Gasteiger partial charge in [0.05, 0.1) is 0 Å². The molecule has 2 atom stereocenters. The normalized spacial score (nSPS) is 15.4. The first-order valence-electron chi connectivity index (χ1n) is 5.31. The van der Waals surface area contributed by atoms with Crippen LogP contribution in [-0.2, 0) is 10.0 Å². The highest BCUT2D eigenvalue weighted by atomic mass is 79.9. The Hall–Kier alpha value is -0.530. The van der Waals surface area contributed by atoms with E-state index in [2.05, 4.69) is 20.7 Å². The predicted molar refractivity (Wildman–Crippen MR) is 69.1 cm³/mol. The number of halogens is 3. The lowest BCUT2D eigenvalue weighted by Crippen LogP contribution is -2.38. The zero-order valence-electron chi connectivity index (χ0n) is 9.95. The van der Waals surface area contributed by atoms with Gasteiger partial charge >= 0.3 is 0 Å². The largest absolute Gasteiger partial charge is 0.243 e. The average Bonchev–Trinajstić information content (AvgIpc) is 2.30. The van der Waals surface area contributed by atoms with E-state index in [-0.39, 0.29) is 5.92 Å². The van der Waals surface area contributed by atoms with E-state index >= 15 is 0 Å². The van der Waals surface area contributed by atoms with Gasteiger partial charge in [-0.15, -0.1) is 0 Å². The van der Waals surface area contributed by atoms with Crippen molar-refractivity contribution in [3.05, 3.63) is 29.8 Å². The maximum Gasteiger partial charge on any atom is 0.243 e. The molecule has 0 heterocycles. The molecule has 0 aliphatic rings. The van der Waals surface area contributed by atoms with Crippen LogP contribution in [0.1, 0.15) is 13.8 Å². The quantitative estimate of drug-likeness (QED) is 0.837. The molecular formula is C11H14BrF2NO2S. The van der Waals surface area contributed by atoms with Gasteiger partial charge in [-0.25, -0.2) is 21.9 Å². The van der Waals surface area contributed by atoms with E-state index in [1.54, 1.807) is 6.92 Å². The van der Waals surface area contributed by atoms with Crippen LogP contribution < -0.4 is 4.72 Å². The zero-order valence-corrected chi connectivity index (χ0v) is 12.4. The molecule has 0 spiro atoms. The molecule has 0 aliphatic heterocycles. The Balaban J connectivity index is 3.03. The predicted octanol–water partition coefficient (Wildman–Crippen LogP) is 2.66. The number of nitrogens with one attached hydrogen (secondary N) is 1. The SMILES string of the molecule is CC(CBr)C(C)NS(=O)(=O)c1cc(F)ccc1F. The lowest BCUT2D eigenvalue weighted by Gasteiger charge is -2.19. The van der Waals surface area contributed by atoms with E-state index < -0.39 is 32.6 Å². The first-order valence-corrected chi connectivity index (χ1v) is 7.91. The van der Waals surface area contributed by atoms with E-state index in [0.717, 1.165) is 12.1 Å². The Bertz CT molecular complexity index is 522. The molecule has 0 fully saturated rings. The minimum Gasteiger partial charge on any atom is -0.208 e. The molecule has 18 heavy (non-hydrogen) atoms. The monoisotopic (exact) mass is 341 g/mol. The number of hydrogen-bond donors (Lipinski definition) is 1. The molecule has 0 bridgehead atoms. The third-order valence-corrected chi connectivity index (χ3v) is 5.22. The van der Waals surface area contributed by atoms with Crippen molar-refractivity contribution >= 4 is 26.0 Å². The Labute approximate surface area is 114 Å². The number of hydrogen-bond acceptors (Lipinski definition) is 2. The van der Waals surface area contributed by atoms with Crippen molar-refractivity contribution in [2.45, 2.75) is 24.8 Å². The summed E-state index contributed by atoms with van der Waals surface area (Å²) in [6, 6.07) is 1.95. The molecule has 0 saturated carbocycles. The van der Waals surface area contributed by atoms with Crippen LogP contribution in [0.4, 0.5) is 8.78 Å². The highest BCUT2D eigenvalue weighted by molar-refractivity contribution is 9.09. The molecule has 2 unspecified atom stereocenters. The molecule has 1 rings (SSSR count). The third kappa shape index (κ3) is 3.73. The molecule has 1 aromatic carbocycles. The maximum atomic E-state index is 13.4. The summed E-state index contributed by atoms with van der Waals surface area (Å²) in [6.45, 7) is 3.50. The summed E-state index contributed by atoms with van der Waals surface area (Å²) in [7, 11) is -4.05. The molecule has 1 aromatic rings. The molecule has 3 nitrogen and oxygen atoms in total. The van der Waals surface area contributed by atoms with E-state index in [9.17, 15) is 17.2 Å². The van der Waals surface area contributed by atoms with Gasteiger partial charge < -0.3 is 0 Å². The second kappa shape index (κ2) is 6.08. The van der Waals surface area contributed by atoms with Crippen molar-refractivity contribution in [2.75, 3.05) is 5.33 Å². The number of rotatable bonds is 5. The topological polar surface area (TPSA) is 46.2 Å². The van der Waals surface area contributed by atoms with Gasteiger partial charge in [0.2, 0.25) is 10.0 Å². The molecular weight excluding hydrogens is 328 g/mol. The Morgan fingerprint density at radius 1 is 1.33 bits per heavy atom. The summed E-state index contributed by atoms with van der Waals surface area (Å²) in [5.74, 6) is -1.74. The lowest BCUT2D eigenvalue weighted by atomic mass is 10.1. The van der Waals surface area contributed by atoms with Crippen LogP contribution in [0.3, 0.4) is 0 Å². The zero-order chi connectivity index (χ0) is 13.9. The highest BCUT2D eigenvalue weighted by Crippen LogP contribution is 2.17. The van der Waals surface area contributed by atoms with Crippen molar-refractivity contribution in [3.8, 4) is 0 Å². The van der Waals surface area contributed by atoms with Gasteiger partial charge in [-0.3, -0.25) is 0 Å². The fourth-order valence-corrected chi connectivity index (χ4v) is 3.24. The fourth-order valence-electron chi connectivity index (χ4n) is 1.24. The summed E-state index contributed by atoms with van der Waals surface area (Å²) in [5, 5.41) is 0.600. The molecule has 7 heteroatoms. The summed E-state index contributed by atoms with van der Waals surface area (Å²) < 4.78 is 52.5. The maximum absolute atomic E-state index is 13.4. The van der Waals surface area contributed by atoms with E-state index in [1.807, 2.05) is 6.92 Å². The van der Waals surface area contributed by atoms with Crippen LogP contribution >= 0.6 is 15.9 Å². The van der Waals surface area contributed by atoms with Crippen LogP contribution in [-0.4, -0.2) is 19.8 Å². The number of sulfonamides is 1. The van der Waals surface area contributed by atoms with Gasteiger partial charge in [0, 0.05) is 11.4 Å². The van der Waals surface area contributed by atoms with Gasteiger partial charge in [0.15, 0.2) is 0 Å². The van der Waals surface area contributed by atoms with Gasteiger partial charge in [0.1, 0.15) is 16.5 Å². The number of alkyl halides is 1. The van der Waals surface area contributed by atoms with Crippen LogP contribution in [0.5, 0.6) is 0 Å². The average molecular weight is 342 g/mol. The first-order chi connectivity index (χ1) is 8.27. The smallest absolute Gasteiger partial charge is 0.208 e. The second-order valence-electron chi connectivity index (χ2n) is 4.12. The molecule has 102 valence electrons. The third-order valence-electron chi connectivity index (χ3n) is 2.62. The van der Waals surface area contributed by atoms with E-state index in [1.165, 1.54) is 0 Å². The van der Waals surface area contributed by atoms with E-state index in [0.29, 0.717) is 11.4 Å². The molecule has 1 N–H and O–H groups in total. The Morgan fingerprint density at radius 3 is 2.50 bits per heavy atom. The molecule has 0 aromatic heterocycles. The van der Waals surface area contributed by atoms with Gasteiger partial charge in [0.25, 0.3) is 0 Å². The van der Waals surface area contributed by atoms with Crippen molar-refractivity contribution in [3.63, 3.8) is 0 Å². The minimum absolute atomic E-state index is 0.0244. The summed E-state index contributed by atoms with van der Waals surface area (Å²) in [5.41, 5.74) is 0. The van der Waals surface area contributed by atoms with Gasteiger partial charge in [-0.05, 0) is 31.0 Å². The van der Waals surface area contributed by atoms with Crippen LogP contribution in [0.15, 0.2) is 23.1 Å². The van der Waals surface area contributed by atoms with Gasteiger partial charge in [-0.2, -0.15) is 0 Å². The van der Waals surface area contributed by atoms with Crippen molar-refractivity contribution in [1.82, 2.24) is 4.72 Å². The number of benzene rings is 1. The van der Waals surface area contributed by atoms with Crippen LogP contribution in [0.25, 0.3) is 0 Å². The molecule has 0 aliphatic carbocycles. The van der Waals surface area contributed by atoms with Gasteiger partial charge in [-0.1, -0.05) is 22.9 Å². The summed E-state index contributed by atoms with van der Waals surface area (Å²) in [4.78, 5) is -0.670. The highest BCUT2D eigenvalue weighted by Gasteiger charge is 2.24.